The first-order chi connectivity index (χ1) is 14.1. The normalized spacial score (nSPS) is 20.0. The number of rotatable bonds is 7. The standard InChI is InChI=1S/C19H25F2N5O3S/c1-10(19(3,20)21)23-18(28)29-13-5-4-12(6-13)15-8-16(26-25-15)24-17(27)7-14-9-22-11(2)30-14/h8-10,12-13H,4-7H2,1-3H3,(H,23,28)(H2,24,25,26,27)/t10?,12-,13+/m0/s1. The van der Waals surface area contributed by atoms with Crippen LogP contribution in [0.15, 0.2) is 12.3 Å². The number of thiazole rings is 1. The van der Waals surface area contributed by atoms with Gasteiger partial charge in [0.1, 0.15) is 6.10 Å². The van der Waals surface area contributed by atoms with Crippen molar-refractivity contribution in [1.29, 1.82) is 0 Å². The molecule has 3 N–H and O–H groups in total. The van der Waals surface area contributed by atoms with Crippen molar-refractivity contribution in [3.8, 4) is 0 Å². The Morgan fingerprint density at radius 2 is 2.20 bits per heavy atom. The Hall–Kier alpha value is -2.56. The number of hydrogen-bond acceptors (Lipinski definition) is 6. The molecule has 2 heterocycles. The smallest absolute Gasteiger partial charge is 0.407 e. The van der Waals surface area contributed by atoms with Gasteiger partial charge in [-0.2, -0.15) is 5.10 Å². The van der Waals surface area contributed by atoms with Crippen LogP contribution in [0, 0.1) is 6.92 Å². The molecule has 8 nitrogen and oxygen atoms in total. The zero-order valence-corrected chi connectivity index (χ0v) is 17.8. The summed E-state index contributed by atoms with van der Waals surface area (Å²) in [5, 5.41) is 12.9. The van der Waals surface area contributed by atoms with Crippen molar-refractivity contribution in [2.45, 2.75) is 70.4 Å². The van der Waals surface area contributed by atoms with Crippen LogP contribution in [0.2, 0.25) is 0 Å². The molecule has 2 amide bonds. The minimum absolute atomic E-state index is 0.0788. The lowest BCUT2D eigenvalue weighted by Crippen LogP contribution is -2.44. The SMILES string of the molecule is Cc1ncc(CC(=O)Nc2cc([C@H]3CC[C@@H](OC(=O)NC(C)C(C)(F)F)C3)[nH]n2)s1. The predicted molar refractivity (Wildman–Crippen MR) is 108 cm³/mol. The van der Waals surface area contributed by atoms with Crippen LogP contribution in [0.1, 0.15) is 54.6 Å². The molecule has 0 radical (unpaired) electrons. The summed E-state index contributed by atoms with van der Waals surface area (Å²) in [6.45, 7) is 3.86. The molecule has 0 bridgehead atoms. The zero-order valence-electron chi connectivity index (χ0n) is 17.0. The average molecular weight is 442 g/mol. The van der Waals surface area contributed by atoms with Crippen molar-refractivity contribution in [1.82, 2.24) is 20.5 Å². The maximum atomic E-state index is 13.2. The Bertz CT molecular complexity index is 895. The van der Waals surface area contributed by atoms with Crippen LogP contribution >= 0.6 is 11.3 Å². The number of ether oxygens (including phenoxy) is 1. The fourth-order valence-electron chi connectivity index (χ4n) is 3.26. The van der Waals surface area contributed by atoms with Gasteiger partial charge in [0.15, 0.2) is 5.82 Å². The number of alkyl carbamates (subject to hydrolysis) is 1. The summed E-state index contributed by atoms with van der Waals surface area (Å²) in [5.41, 5.74) is 0.832. The van der Waals surface area contributed by atoms with Gasteiger partial charge in [0.2, 0.25) is 5.91 Å². The molecule has 2 aromatic rings. The number of halogens is 2. The van der Waals surface area contributed by atoms with Crippen LogP contribution in [0.25, 0.3) is 0 Å². The summed E-state index contributed by atoms with van der Waals surface area (Å²) < 4.78 is 31.6. The molecule has 30 heavy (non-hydrogen) atoms. The van der Waals surface area contributed by atoms with Gasteiger partial charge in [-0.15, -0.1) is 11.3 Å². The number of nitrogens with zero attached hydrogens (tertiary/aromatic N) is 2. The van der Waals surface area contributed by atoms with Crippen LogP contribution in [-0.2, 0) is 16.0 Å². The second-order valence-corrected chi connectivity index (χ2v) is 8.96. The van der Waals surface area contributed by atoms with Crippen molar-refractivity contribution in [2.24, 2.45) is 0 Å². The Balaban J connectivity index is 1.47. The molecule has 0 aromatic carbocycles. The number of nitrogens with one attached hydrogen (secondary N) is 3. The van der Waals surface area contributed by atoms with Crippen LogP contribution in [-0.4, -0.2) is 45.3 Å². The number of aromatic amines is 1. The zero-order chi connectivity index (χ0) is 21.9. The van der Waals surface area contributed by atoms with E-state index in [1.165, 1.54) is 18.3 Å². The quantitative estimate of drug-likeness (QED) is 0.606. The summed E-state index contributed by atoms with van der Waals surface area (Å²) >= 11 is 1.47. The maximum Gasteiger partial charge on any atom is 0.407 e. The molecule has 2 aromatic heterocycles. The fraction of sp³-hybridized carbons (Fsp3) is 0.579. The highest BCUT2D eigenvalue weighted by Gasteiger charge is 2.34. The fourth-order valence-corrected chi connectivity index (χ4v) is 4.05. The van der Waals surface area contributed by atoms with Gasteiger partial charge in [0.25, 0.3) is 5.92 Å². The molecule has 3 atom stereocenters. The molecule has 1 saturated carbocycles. The monoisotopic (exact) mass is 441 g/mol. The first-order valence-corrected chi connectivity index (χ1v) is 10.5. The molecule has 0 aliphatic heterocycles. The van der Waals surface area contributed by atoms with E-state index in [0.717, 1.165) is 28.9 Å². The lowest BCUT2D eigenvalue weighted by atomic mass is 10.0. The summed E-state index contributed by atoms with van der Waals surface area (Å²) in [7, 11) is 0. The van der Waals surface area contributed by atoms with E-state index in [2.05, 4.69) is 25.8 Å². The molecule has 11 heteroatoms. The summed E-state index contributed by atoms with van der Waals surface area (Å²) in [4.78, 5) is 29.0. The average Bonchev–Trinajstić information content (AvgIpc) is 3.36. The first-order valence-electron chi connectivity index (χ1n) is 9.71. The minimum atomic E-state index is -3.02. The number of alkyl halides is 2. The summed E-state index contributed by atoms with van der Waals surface area (Å²) in [6, 6.07) is 0.456. The molecule has 1 unspecified atom stereocenters. The molecule has 3 rings (SSSR count). The maximum absolute atomic E-state index is 13.2. The van der Waals surface area contributed by atoms with E-state index in [-0.39, 0.29) is 24.3 Å². The van der Waals surface area contributed by atoms with Crippen molar-refractivity contribution >= 4 is 29.2 Å². The highest BCUT2D eigenvalue weighted by Crippen LogP contribution is 2.36. The number of carbonyl (C=O) groups is 2. The van der Waals surface area contributed by atoms with Crippen molar-refractivity contribution in [3.63, 3.8) is 0 Å². The highest BCUT2D eigenvalue weighted by atomic mass is 32.1. The van der Waals surface area contributed by atoms with Crippen molar-refractivity contribution < 1.29 is 23.1 Å². The number of aryl methyl sites for hydroxylation is 1. The van der Waals surface area contributed by atoms with Gasteiger partial charge >= 0.3 is 6.09 Å². The summed E-state index contributed by atoms with van der Waals surface area (Å²) in [6.07, 6.45) is 2.66. The number of aromatic nitrogens is 3. The van der Waals surface area contributed by atoms with Crippen LogP contribution in [0.5, 0.6) is 0 Å². The predicted octanol–water partition coefficient (Wildman–Crippen LogP) is 3.76. The van der Waals surface area contributed by atoms with E-state index in [1.807, 2.05) is 6.92 Å². The minimum Gasteiger partial charge on any atom is -0.446 e. The topological polar surface area (TPSA) is 109 Å². The van der Waals surface area contributed by atoms with E-state index < -0.39 is 18.1 Å². The molecule has 1 aliphatic rings. The van der Waals surface area contributed by atoms with Gasteiger partial charge in [-0.05, 0) is 33.1 Å². The lowest BCUT2D eigenvalue weighted by Gasteiger charge is -2.21. The van der Waals surface area contributed by atoms with E-state index in [4.69, 9.17) is 4.74 Å². The van der Waals surface area contributed by atoms with Crippen LogP contribution in [0.4, 0.5) is 19.4 Å². The molecule has 0 spiro atoms. The third kappa shape index (κ3) is 5.97. The van der Waals surface area contributed by atoms with E-state index in [0.29, 0.717) is 18.7 Å². The summed E-state index contributed by atoms with van der Waals surface area (Å²) in [5.74, 6) is -2.69. The van der Waals surface area contributed by atoms with Gasteiger partial charge < -0.3 is 15.4 Å². The highest BCUT2D eigenvalue weighted by molar-refractivity contribution is 7.11. The second-order valence-electron chi connectivity index (χ2n) is 7.64. The Morgan fingerprint density at radius 3 is 2.87 bits per heavy atom. The number of hydrogen-bond donors (Lipinski definition) is 3. The molecular formula is C19H25F2N5O3S. The number of amides is 2. The lowest BCUT2D eigenvalue weighted by molar-refractivity contribution is -0.115. The van der Waals surface area contributed by atoms with E-state index in [1.54, 1.807) is 12.3 Å². The van der Waals surface area contributed by atoms with Crippen molar-refractivity contribution in [2.75, 3.05) is 5.32 Å². The van der Waals surface area contributed by atoms with Crippen LogP contribution in [0.3, 0.4) is 0 Å². The molecule has 1 aliphatic carbocycles. The third-order valence-corrected chi connectivity index (χ3v) is 5.97. The van der Waals surface area contributed by atoms with Gasteiger partial charge in [0.05, 0.1) is 17.5 Å². The molecular weight excluding hydrogens is 416 g/mol. The molecule has 0 saturated heterocycles. The molecule has 1 fully saturated rings. The Labute approximate surface area is 176 Å². The van der Waals surface area contributed by atoms with Crippen molar-refractivity contribution in [3.05, 3.63) is 27.8 Å². The number of anilines is 1. The Morgan fingerprint density at radius 1 is 1.43 bits per heavy atom. The third-order valence-electron chi connectivity index (χ3n) is 5.06. The second kappa shape index (κ2) is 9.07. The molecule has 164 valence electrons. The number of H-pyrrole nitrogens is 1. The largest absolute Gasteiger partial charge is 0.446 e. The van der Waals surface area contributed by atoms with Crippen LogP contribution < -0.4 is 10.6 Å². The van der Waals surface area contributed by atoms with Gasteiger partial charge in [-0.25, -0.2) is 18.6 Å². The van der Waals surface area contributed by atoms with E-state index in [9.17, 15) is 18.4 Å². The van der Waals surface area contributed by atoms with Gasteiger partial charge in [-0.3, -0.25) is 9.89 Å². The Kier molecular flexibility index (Phi) is 6.69. The van der Waals surface area contributed by atoms with Gasteiger partial charge in [0, 0.05) is 35.7 Å². The number of carbonyl (C=O) groups excluding carboxylic acids is 2. The van der Waals surface area contributed by atoms with Gasteiger partial charge in [-0.1, -0.05) is 0 Å². The first kappa shape index (κ1) is 22.1. The van der Waals surface area contributed by atoms with E-state index >= 15 is 0 Å².